The SMILES string of the molecule is Brc1cc2c(cc1CC1CCNCC1)OC1(CCC1)O2. The molecule has 4 rings (SSSR count). The van der Waals surface area contributed by atoms with Crippen LogP contribution in [0.25, 0.3) is 0 Å². The van der Waals surface area contributed by atoms with E-state index in [-0.39, 0.29) is 5.79 Å². The fourth-order valence-corrected chi connectivity index (χ4v) is 3.87. The number of ether oxygens (including phenoxy) is 2. The molecule has 0 atom stereocenters. The lowest BCUT2D eigenvalue weighted by molar-refractivity contribution is -0.138. The van der Waals surface area contributed by atoms with E-state index in [0.717, 1.165) is 54.2 Å². The molecule has 2 fully saturated rings. The molecule has 1 aromatic carbocycles. The van der Waals surface area contributed by atoms with E-state index in [2.05, 4.69) is 33.4 Å². The topological polar surface area (TPSA) is 30.5 Å². The predicted molar refractivity (Wildman–Crippen MR) is 81.3 cm³/mol. The zero-order chi connectivity index (χ0) is 13.6. The van der Waals surface area contributed by atoms with Crippen molar-refractivity contribution in [3.63, 3.8) is 0 Å². The monoisotopic (exact) mass is 337 g/mol. The fourth-order valence-electron chi connectivity index (χ4n) is 3.38. The first-order chi connectivity index (χ1) is 9.74. The zero-order valence-corrected chi connectivity index (χ0v) is 13.2. The molecular weight excluding hydrogens is 318 g/mol. The van der Waals surface area contributed by atoms with Gasteiger partial charge in [-0.3, -0.25) is 0 Å². The molecule has 0 aromatic heterocycles. The van der Waals surface area contributed by atoms with Crippen molar-refractivity contribution in [2.75, 3.05) is 13.1 Å². The van der Waals surface area contributed by atoms with Gasteiger partial charge in [0, 0.05) is 17.3 Å². The fraction of sp³-hybridized carbons (Fsp3) is 0.625. The number of halogens is 1. The van der Waals surface area contributed by atoms with E-state index in [4.69, 9.17) is 9.47 Å². The Morgan fingerprint density at radius 1 is 1.15 bits per heavy atom. The van der Waals surface area contributed by atoms with Crippen LogP contribution in [0, 0.1) is 5.92 Å². The number of hydrogen-bond donors (Lipinski definition) is 1. The number of fused-ring (bicyclic) bond motifs is 1. The highest BCUT2D eigenvalue weighted by molar-refractivity contribution is 9.10. The van der Waals surface area contributed by atoms with E-state index in [1.807, 2.05) is 0 Å². The Hall–Kier alpha value is -0.740. The molecule has 0 amide bonds. The molecule has 2 heterocycles. The van der Waals surface area contributed by atoms with Crippen molar-refractivity contribution in [1.82, 2.24) is 5.32 Å². The molecule has 1 aliphatic carbocycles. The molecule has 4 heteroatoms. The van der Waals surface area contributed by atoms with Gasteiger partial charge in [0.15, 0.2) is 11.5 Å². The minimum absolute atomic E-state index is 0.324. The molecule has 20 heavy (non-hydrogen) atoms. The van der Waals surface area contributed by atoms with Gasteiger partial charge >= 0.3 is 0 Å². The van der Waals surface area contributed by atoms with Crippen LogP contribution in [0.15, 0.2) is 16.6 Å². The molecule has 0 bridgehead atoms. The van der Waals surface area contributed by atoms with Crippen LogP contribution in [-0.4, -0.2) is 18.9 Å². The molecule has 3 nitrogen and oxygen atoms in total. The summed E-state index contributed by atoms with van der Waals surface area (Å²) < 4.78 is 13.2. The standard InChI is InChI=1S/C16H20BrNO2/c17-13-10-15-14(19-16(20-15)4-1-5-16)9-12(13)8-11-2-6-18-7-3-11/h9-11,18H,1-8H2. The number of piperidine rings is 1. The van der Waals surface area contributed by atoms with Gasteiger partial charge in [0.1, 0.15) is 0 Å². The van der Waals surface area contributed by atoms with Gasteiger partial charge in [0.05, 0.1) is 0 Å². The van der Waals surface area contributed by atoms with Gasteiger partial charge < -0.3 is 14.8 Å². The van der Waals surface area contributed by atoms with E-state index < -0.39 is 0 Å². The molecule has 2 aliphatic heterocycles. The van der Waals surface area contributed by atoms with E-state index in [1.165, 1.54) is 24.8 Å². The molecule has 3 aliphatic rings. The van der Waals surface area contributed by atoms with E-state index in [1.54, 1.807) is 0 Å². The third-order valence-corrected chi connectivity index (χ3v) is 5.53. The van der Waals surface area contributed by atoms with Crippen molar-refractivity contribution in [3.8, 4) is 11.5 Å². The smallest absolute Gasteiger partial charge is 0.251 e. The lowest BCUT2D eigenvalue weighted by Gasteiger charge is -2.35. The molecule has 1 N–H and O–H groups in total. The summed E-state index contributed by atoms with van der Waals surface area (Å²) in [6.45, 7) is 2.30. The Bertz CT molecular complexity index is 521. The van der Waals surface area contributed by atoms with E-state index in [9.17, 15) is 0 Å². The Balaban J connectivity index is 1.54. The number of benzene rings is 1. The largest absolute Gasteiger partial charge is 0.448 e. The molecule has 1 saturated heterocycles. The average molecular weight is 338 g/mol. The summed E-state index contributed by atoms with van der Waals surface area (Å²) in [5.74, 6) is 2.31. The van der Waals surface area contributed by atoms with Gasteiger partial charge in [-0.15, -0.1) is 0 Å². The van der Waals surface area contributed by atoms with Crippen LogP contribution < -0.4 is 14.8 Å². The summed E-state index contributed by atoms with van der Waals surface area (Å²) >= 11 is 3.70. The first kappa shape index (κ1) is 13.0. The Morgan fingerprint density at radius 3 is 2.50 bits per heavy atom. The Morgan fingerprint density at radius 2 is 1.85 bits per heavy atom. The molecule has 0 radical (unpaired) electrons. The zero-order valence-electron chi connectivity index (χ0n) is 11.6. The van der Waals surface area contributed by atoms with Gasteiger partial charge in [0.25, 0.3) is 5.79 Å². The Labute approximate surface area is 128 Å². The van der Waals surface area contributed by atoms with Crippen LogP contribution in [0.4, 0.5) is 0 Å². The van der Waals surface area contributed by atoms with Gasteiger partial charge in [0.2, 0.25) is 0 Å². The third-order valence-electron chi connectivity index (χ3n) is 4.79. The van der Waals surface area contributed by atoms with Crippen molar-refractivity contribution < 1.29 is 9.47 Å². The second-order valence-electron chi connectivity index (χ2n) is 6.26. The Kier molecular flexibility index (Phi) is 3.19. The van der Waals surface area contributed by atoms with Gasteiger partial charge in [-0.05, 0) is 62.4 Å². The van der Waals surface area contributed by atoms with Crippen LogP contribution >= 0.6 is 15.9 Å². The quantitative estimate of drug-likeness (QED) is 0.893. The maximum Gasteiger partial charge on any atom is 0.251 e. The highest BCUT2D eigenvalue weighted by Gasteiger charge is 2.47. The van der Waals surface area contributed by atoms with E-state index in [0.29, 0.717) is 0 Å². The van der Waals surface area contributed by atoms with Gasteiger partial charge in [-0.1, -0.05) is 15.9 Å². The summed E-state index contributed by atoms with van der Waals surface area (Å²) in [7, 11) is 0. The summed E-state index contributed by atoms with van der Waals surface area (Å²) in [6.07, 6.45) is 6.91. The van der Waals surface area contributed by atoms with Gasteiger partial charge in [-0.25, -0.2) is 0 Å². The van der Waals surface area contributed by atoms with Crippen LogP contribution in [0.1, 0.15) is 37.7 Å². The summed E-state index contributed by atoms with van der Waals surface area (Å²) in [6, 6.07) is 4.29. The van der Waals surface area contributed by atoms with Crippen molar-refractivity contribution in [2.24, 2.45) is 5.92 Å². The highest BCUT2D eigenvalue weighted by atomic mass is 79.9. The minimum Gasteiger partial charge on any atom is -0.448 e. The van der Waals surface area contributed by atoms with Crippen LogP contribution in [0.3, 0.4) is 0 Å². The van der Waals surface area contributed by atoms with Crippen LogP contribution in [0.5, 0.6) is 11.5 Å². The lowest BCUT2D eigenvalue weighted by Crippen LogP contribution is -2.45. The minimum atomic E-state index is -0.324. The third kappa shape index (κ3) is 2.23. The van der Waals surface area contributed by atoms with Crippen molar-refractivity contribution in [2.45, 2.75) is 44.3 Å². The second-order valence-corrected chi connectivity index (χ2v) is 7.11. The molecule has 1 saturated carbocycles. The maximum atomic E-state index is 6.06. The van der Waals surface area contributed by atoms with Crippen molar-refractivity contribution >= 4 is 15.9 Å². The molecule has 1 spiro atoms. The first-order valence-corrected chi connectivity index (χ1v) is 8.45. The first-order valence-electron chi connectivity index (χ1n) is 7.65. The van der Waals surface area contributed by atoms with Crippen molar-refractivity contribution in [1.29, 1.82) is 0 Å². The molecular formula is C16H20BrNO2. The summed E-state index contributed by atoms with van der Waals surface area (Å²) in [5, 5.41) is 3.43. The van der Waals surface area contributed by atoms with Gasteiger partial charge in [-0.2, -0.15) is 0 Å². The summed E-state index contributed by atoms with van der Waals surface area (Å²) in [4.78, 5) is 0. The number of rotatable bonds is 2. The summed E-state index contributed by atoms with van der Waals surface area (Å²) in [5.41, 5.74) is 1.36. The van der Waals surface area contributed by atoms with Crippen LogP contribution in [0.2, 0.25) is 0 Å². The molecule has 0 unspecified atom stereocenters. The average Bonchev–Trinajstić information content (AvgIpc) is 2.79. The second kappa shape index (κ2) is 4.92. The molecule has 1 aromatic rings. The predicted octanol–water partition coefficient (Wildman–Crippen LogP) is 3.64. The van der Waals surface area contributed by atoms with Crippen molar-refractivity contribution in [3.05, 3.63) is 22.2 Å². The molecule has 108 valence electrons. The maximum absolute atomic E-state index is 6.06. The van der Waals surface area contributed by atoms with Crippen LogP contribution in [-0.2, 0) is 6.42 Å². The highest BCUT2D eigenvalue weighted by Crippen LogP contribution is 2.49. The normalized spacial score (nSPS) is 23.9. The van der Waals surface area contributed by atoms with E-state index >= 15 is 0 Å². The lowest BCUT2D eigenvalue weighted by atomic mass is 9.91. The number of hydrogen-bond acceptors (Lipinski definition) is 3. The number of nitrogens with one attached hydrogen (secondary N) is 1.